The van der Waals surface area contributed by atoms with Crippen LogP contribution in [0.25, 0.3) is 0 Å². The van der Waals surface area contributed by atoms with E-state index in [1.807, 2.05) is 0 Å². The molecule has 1 aliphatic heterocycles. The summed E-state index contributed by atoms with van der Waals surface area (Å²) < 4.78 is 44.7. The van der Waals surface area contributed by atoms with Gasteiger partial charge in [0.1, 0.15) is 10.7 Å². The third kappa shape index (κ3) is 2.55. The largest absolute Gasteiger partial charge is 0.380 e. The standard InChI is InChI=1S/C12H16FNO3S/c1-17-10-5-4-8-14(9-10)18(15,16)12-7-3-2-6-11(12)13/h2-3,6-7,10H,4-5,8-9H2,1H3. The Bertz CT molecular complexity index is 518. The van der Waals surface area contributed by atoms with Crippen molar-refractivity contribution in [1.29, 1.82) is 0 Å². The molecule has 0 aliphatic carbocycles. The Labute approximate surface area is 106 Å². The van der Waals surface area contributed by atoms with E-state index in [4.69, 9.17) is 4.74 Å². The normalized spacial score (nSPS) is 22.0. The van der Waals surface area contributed by atoms with Gasteiger partial charge in [0.2, 0.25) is 10.0 Å². The molecular weight excluding hydrogens is 257 g/mol. The number of sulfonamides is 1. The summed E-state index contributed by atoms with van der Waals surface area (Å²) in [5, 5.41) is 0. The van der Waals surface area contributed by atoms with Gasteiger partial charge in [-0.2, -0.15) is 4.31 Å². The maximum Gasteiger partial charge on any atom is 0.246 e. The molecule has 1 unspecified atom stereocenters. The molecule has 1 heterocycles. The second kappa shape index (κ2) is 5.34. The SMILES string of the molecule is COC1CCCN(S(=O)(=O)c2ccccc2F)C1. The van der Waals surface area contributed by atoms with Crippen LogP contribution in [0.4, 0.5) is 4.39 Å². The number of piperidine rings is 1. The van der Waals surface area contributed by atoms with Crippen LogP contribution in [0.1, 0.15) is 12.8 Å². The minimum absolute atomic E-state index is 0.111. The highest BCUT2D eigenvalue weighted by Gasteiger charge is 2.31. The molecule has 1 aliphatic rings. The number of rotatable bonds is 3. The topological polar surface area (TPSA) is 46.6 Å². The van der Waals surface area contributed by atoms with Crippen LogP contribution < -0.4 is 0 Å². The quantitative estimate of drug-likeness (QED) is 0.841. The van der Waals surface area contributed by atoms with E-state index in [9.17, 15) is 12.8 Å². The molecule has 1 aromatic carbocycles. The molecule has 0 amide bonds. The van der Waals surface area contributed by atoms with Gasteiger partial charge in [-0.15, -0.1) is 0 Å². The summed E-state index contributed by atoms with van der Waals surface area (Å²) in [4.78, 5) is -0.262. The molecule has 6 heteroatoms. The summed E-state index contributed by atoms with van der Waals surface area (Å²) in [5.74, 6) is -0.711. The second-order valence-corrected chi connectivity index (χ2v) is 6.20. The predicted octanol–water partition coefficient (Wildman–Crippen LogP) is 1.63. The number of benzene rings is 1. The van der Waals surface area contributed by atoms with E-state index in [0.717, 1.165) is 18.9 Å². The summed E-state index contributed by atoms with van der Waals surface area (Å²) in [6, 6.07) is 5.45. The first-order chi connectivity index (χ1) is 8.55. The molecule has 0 radical (unpaired) electrons. The molecule has 1 aromatic rings. The van der Waals surface area contributed by atoms with Gasteiger partial charge in [0.15, 0.2) is 0 Å². The van der Waals surface area contributed by atoms with Gasteiger partial charge in [-0.25, -0.2) is 12.8 Å². The Morgan fingerprint density at radius 1 is 1.39 bits per heavy atom. The lowest BCUT2D eigenvalue weighted by Crippen LogP contribution is -2.43. The van der Waals surface area contributed by atoms with Gasteiger partial charge >= 0.3 is 0 Å². The van der Waals surface area contributed by atoms with E-state index in [2.05, 4.69) is 0 Å². The van der Waals surface area contributed by atoms with Crippen LogP contribution in [0, 0.1) is 5.82 Å². The van der Waals surface area contributed by atoms with Crippen molar-refractivity contribution in [2.24, 2.45) is 0 Å². The van der Waals surface area contributed by atoms with Gasteiger partial charge in [0.25, 0.3) is 0 Å². The van der Waals surface area contributed by atoms with E-state index >= 15 is 0 Å². The highest BCUT2D eigenvalue weighted by Crippen LogP contribution is 2.23. The van der Waals surface area contributed by atoms with Crippen molar-refractivity contribution >= 4 is 10.0 Å². The smallest absolute Gasteiger partial charge is 0.246 e. The first-order valence-electron chi connectivity index (χ1n) is 5.83. The highest BCUT2D eigenvalue weighted by molar-refractivity contribution is 7.89. The third-order valence-corrected chi connectivity index (χ3v) is 5.03. The number of hydrogen-bond acceptors (Lipinski definition) is 3. The Morgan fingerprint density at radius 3 is 2.78 bits per heavy atom. The van der Waals surface area contributed by atoms with E-state index in [-0.39, 0.29) is 17.5 Å². The van der Waals surface area contributed by atoms with E-state index in [0.29, 0.717) is 6.54 Å². The Kier molecular flexibility index (Phi) is 3.99. The zero-order valence-electron chi connectivity index (χ0n) is 10.2. The molecule has 1 atom stereocenters. The molecule has 1 fully saturated rings. The molecule has 100 valence electrons. The molecule has 0 N–H and O–H groups in total. The van der Waals surface area contributed by atoms with Crippen LogP contribution in [-0.4, -0.2) is 39.0 Å². The molecule has 0 bridgehead atoms. The number of ether oxygens (including phenoxy) is 1. The van der Waals surface area contributed by atoms with Crippen molar-refractivity contribution in [2.45, 2.75) is 23.8 Å². The minimum Gasteiger partial charge on any atom is -0.380 e. The first kappa shape index (κ1) is 13.5. The van der Waals surface area contributed by atoms with Gasteiger partial charge in [-0.05, 0) is 25.0 Å². The average molecular weight is 273 g/mol. The molecule has 2 rings (SSSR count). The lowest BCUT2D eigenvalue weighted by molar-refractivity contribution is 0.0571. The van der Waals surface area contributed by atoms with Gasteiger partial charge in [-0.1, -0.05) is 12.1 Å². The summed E-state index contributed by atoms with van der Waals surface area (Å²) in [6.07, 6.45) is 1.45. The van der Waals surface area contributed by atoms with Crippen molar-refractivity contribution < 1.29 is 17.5 Å². The number of nitrogens with zero attached hydrogens (tertiary/aromatic N) is 1. The molecule has 0 spiro atoms. The molecule has 0 saturated carbocycles. The molecule has 0 aromatic heterocycles. The van der Waals surface area contributed by atoms with Gasteiger partial charge < -0.3 is 4.74 Å². The van der Waals surface area contributed by atoms with Crippen LogP contribution in [0.2, 0.25) is 0 Å². The van der Waals surface area contributed by atoms with E-state index in [1.165, 1.54) is 22.5 Å². The monoisotopic (exact) mass is 273 g/mol. The maximum absolute atomic E-state index is 13.6. The summed E-state index contributed by atoms with van der Waals surface area (Å²) in [5.41, 5.74) is 0. The van der Waals surface area contributed by atoms with Crippen molar-refractivity contribution in [3.63, 3.8) is 0 Å². The van der Waals surface area contributed by atoms with Crippen molar-refractivity contribution in [3.8, 4) is 0 Å². The van der Waals surface area contributed by atoms with Crippen LogP contribution in [-0.2, 0) is 14.8 Å². The fraction of sp³-hybridized carbons (Fsp3) is 0.500. The van der Waals surface area contributed by atoms with E-state index < -0.39 is 15.8 Å². The molecule has 1 saturated heterocycles. The zero-order valence-corrected chi connectivity index (χ0v) is 11.0. The van der Waals surface area contributed by atoms with Gasteiger partial charge in [-0.3, -0.25) is 0 Å². The first-order valence-corrected chi connectivity index (χ1v) is 7.27. The lowest BCUT2D eigenvalue weighted by atomic mass is 10.1. The molecule has 4 nitrogen and oxygen atoms in total. The minimum atomic E-state index is -3.76. The summed E-state index contributed by atoms with van der Waals surface area (Å²) >= 11 is 0. The fourth-order valence-electron chi connectivity index (χ4n) is 2.11. The molecular formula is C12H16FNO3S. The van der Waals surface area contributed by atoms with Crippen LogP contribution in [0.5, 0.6) is 0 Å². The van der Waals surface area contributed by atoms with Gasteiger partial charge in [0, 0.05) is 20.2 Å². The number of halogens is 1. The van der Waals surface area contributed by atoms with Crippen molar-refractivity contribution in [1.82, 2.24) is 4.31 Å². The number of methoxy groups -OCH3 is 1. The zero-order chi connectivity index (χ0) is 13.2. The Morgan fingerprint density at radius 2 is 2.11 bits per heavy atom. The second-order valence-electron chi connectivity index (χ2n) is 4.29. The predicted molar refractivity (Wildman–Crippen MR) is 65.2 cm³/mol. The van der Waals surface area contributed by atoms with Crippen molar-refractivity contribution in [2.75, 3.05) is 20.2 Å². The van der Waals surface area contributed by atoms with Crippen LogP contribution >= 0.6 is 0 Å². The molecule has 18 heavy (non-hydrogen) atoms. The van der Waals surface area contributed by atoms with E-state index in [1.54, 1.807) is 7.11 Å². The summed E-state index contributed by atoms with van der Waals surface area (Å²) in [6.45, 7) is 0.698. The third-order valence-electron chi connectivity index (χ3n) is 3.13. The van der Waals surface area contributed by atoms with Crippen LogP contribution in [0.3, 0.4) is 0 Å². The Hall–Kier alpha value is -0.980. The lowest BCUT2D eigenvalue weighted by Gasteiger charge is -2.31. The van der Waals surface area contributed by atoms with Gasteiger partial charge in [0.05, 0.1) is 6.10 Å². The summed E-state index contributed by atoms with van der Waals surface area (Å²) in [7, 11) is -2.20. The maximum atomic E-state index is 13.6. The average Bonchev–Trinajstić information content (AvgIpc) is 2.39. The number of hydrogen-bond donors (Lipinski definition) is 0. The van der Waals surface area contributed by atoms with Crippen LogP contribution in [0.15, 0.2) is 29.2 Å². The fourth-order valence-corrected chi connectivity index (χ4v) is 3.68. The Balaban J connectivity index is 2.29. The van der Waals surface area contributed by atoms with Crippen molar-refractivity contribution in [3.05, 3.63) is 30.1 Å². The highest BCUT2D eigenvalue weighted by atomic mass is 32.2.